The third kappa shape index (κ3) is 4.39. The van der Waals surface area contributed by atoms with E-state index in [9.17, 15) is 0 Å². The van der Waals surface area contributed by atoms with Gasteiger partial charge in [0.05, 0.1) is 7.11 Å². The summed E-state index contributed by atoms with van der Waals surface area (Å²) < 4.78 is 5.18. The van der Waals surface area contributed by atoms with E-state index in [2.05, 4.69) is 54.7 Å². The predicted octanol–water partition coefficient (Wildman–Crippen LogP) is 3.98. The SMILES string of the molecule is COc1ccc([C@@H](C)NCCCc2ccccc2)cc1. The molecule has 2 aromatic carbocycles. The Balaban J connectivity index is 1.73. The summed E-state index contributed by atoms with van der Waals surface area (Å²) >= 11 is 0. The second-order valence-electron chi connectivity index (χ2n) is 5.04. The Morgan fingerprint density at radius 1 is 1.00 bits per heavy atom. The molecule has 1 N–H and O–H groups in total. The van der Waals surface area contributed by atoms with Crippen LogP contribution in [0.3, 0.4) is 0 Å². The van der Waals surface area contributed by atoms with Gasteiger partial charge in [-0.1, -0.05) is 42.5 Å². The summed E-state index contributed by atoms with van der Waals surface area (Å²) in [7, 11) is 1.69. The number of methoxy groups -OCH3 is 1. The van der Waals surface area contributed by atoms with Gasteiger partial charge in [0.25, 0.3) is 0 Å². The molecule has 0 heterocycles. The second kappa shape index (κ2) is 7.71. The van der Waals surface area contributed by atoms with E-state index in [1.165, 1.54) is 11.1 Å². The predicted molar refractivity (Wildman–Crippen MR) is 84.2 cm³/mol. The lowest BCUT2D eigenvalue weighted by molar-refractivity contribution is 0.414. The minimum Gasteiger partial charge on any atom is -0.497 e. The van der Waals surface area contributed by atoms with Gasteiger partial charge in [-0.25, -0.2) is 0 Å². The number of hydrogen-bond donors (Lipinski definition) is 1. The molecular weight excluding hydrogens is 246 g/mol. The first-order chi connectivity index (χ1) is 9.79. The average molecular weight is 269 g/mol. The number of nitrogens with one attached hydrogen (secondary N) is 1. The van der Waals surface area contributed by atoms with Crippen LogP contribution in [0.2, 0.25) is 0 Å². The van der Waals surface area contributed by atoms with Crippen molar-refractivity contribution < 1.29 is 4.74 Å². The van der Waals surface area contributed by atoms with E-state index in [4.69, 9.17) is 4.74 Å². The lowest BCUT2D eigenvalue weighted by Crippen LogP contribution is -2.20. The van der Waals surface area contributed by atoms with E-state index < -0.39 is 0 Å². The summed E-state index contributed by atoms with van der Waals surface area (Å²) in [4.78, 5) is 0. The largest absolute Gasteiger partial charge is 0.497 e. The molecule has 1 atom stereocenters. The van der Waals surface area contributed by atoms with Crippen LogP contribution in [0.1, 0.15) is 30.5 Å². The first-order valence-electron chi connectivity index (χ1n) is 7.21. The Hall–Kier alpha value is -1.80. The molecule has 0 saturated heterocycles. The second-order valence-corrected chi connectivity index (χ2v) is 5.04. The van der Waals surface area contributed by atoms with Crippen molar-refractivity contribution in [2.75, 3.05) is 13.7 Å². The van der Waals surface area contributed by atoms with Gasteiger partial charge in [0, 0.05) is 6.04 Å². The van der Waals surface area contributed by atoms with Crippen LogP contribution in [0.15, 0.2) is 54.6 Å². The smallest absolute Gasteiger partial charge is 0.118 e. The van der Waals surface area contributed by atoms with Crippen molar-refractivity contribution >= 4 is 0 Å². The summed E-state index contributed by atoms with van der Waals surface area (Å²) in [6.45, 7) is 3.23. The van der Waals surface area contributed by atoms with Gasteiger partial charge in [-0.2, -0.15) is 0 Å². The number of ether oxygens (including phenoxy) is 1. The first-order valence-corrected chi connectivity index (χ1v) is 7.21. The third-order valence-electron chi connectivity index (χ3n) is 3.55. The molecule has 0 saturated carbocycles. The van der Waals surface area contributed by atoms with E-state index in [0.717, 1.165) is 25.1 Å². The molecule has 2 nitrogen and oxygen atoms in total. The molecular formula is C18H23NO. The molecule has 2 aromatic rings. The maximum Gasteiger partial charge on any atom is 0.118 e. The van der Waals surface area contributed by atoms with Crippen LogP contribution < -0.4 is 10.1 Å². The monoisotopic (exact) mass is 269 g/mol. The summed E-state index contributed by atoms with van der Waals surface area (Å²) in [5.41, 5.74) is 2.71. The maximum absolute atomic E-state index is 5.18. The Morgan fingerprint density at radius 3 is 2.35 bits per heavy atom. The van der Waals surface area contributed by atoms with Crippen molar-refractivity contribution in [2.24, 2.45) is 0 Å². The minimum atomic E-state index is 0.372. The zero-order chi connectivity index (χ0) is 14.2. The molecule has 0 aliphatic rings. The highest BCUT2D eigenvalue weighted by molar-refractivity contribution is 5.28. The molecule has 2 rings (SSSR count). The fourth-order valence-corrected chi connectivity index (χ4v) is 2.27. The van der Waals surface area contributed by atoms with Crippen LogP contribution in [-0.2, 0) is 6.42 Å². The first kappa shape index (κ1) is 14.6. The zero-order valence-corrected chi connectivity index (χ0v) is 12.3. The van der Waals surface area contributed by atoms with E-state index >= 15 is 0 Å². The Labute approximate surface area is 121 Å². The highest BCUT2D eigenvalue weighted by Crippen LogP contribution is 2.17. The Morgan fingerprint density at radius 2 is 1.70 bits per heavy atom. The third-order valence-corrected chi connectivity index (χ3v) is 3.55. The molecule has 0 bridgehead atoms. The summed E-state index contributed by atoms with van der Waals surface area (Å²) in [6, 6.07) is 19.3. The lowest BCUT2D eigenvalue weighted by Gasteiger charge is -2.14. The fraction of sp³-hybridized carbons (Fsp3) is 0.333. The number of rotatable bonds is 7. The van der Waals surface area contributed by atoms with E-state index in [1.54, 1.807) is 7.11 Å². The van der Waals surface area contributed by atoms with Crippen LogP contribution in [0.4, 0.5) is 0 Å². The lowest BCUT2D eigenvalue weighted by atomic mass is 10.1. The van der Waals surface area contributed by atoms with Gasteiger partial charge in [0.1, 0.15) is 5.75 Å². The van der Waals surface area contributed by atoms with Crippen LogP contribution in [-0.4, -0.2) is 13.7 Å². The van der Waals surface area contributed by atoms with Gasteiger partial charge in [-0.05, 0) is 49.6 Å². The fourth-order valence-electron chi connectivity index (χ4n) is 2.27. The maximum atomic E-state index is 5.18. The molecule has 0 unspecified atom stereocenters. The number of benzene rings is 2. The highest BCUT2D eigenvalue weighted by Gasteiger charge is 2.04. The van der Waals surface area contributed by atoms with Crippen LogP contribution >= 0.6 is 0 Å². The molecule has 20 heavy (non-hydrogen) atoms. The van der Waals surface area contributed by atoms with Crippen molar-refractivity contribution in [1.82, 2.24) is 5.32 Å². The van der Waals surface area contributed by atoms with Crippen molar-refractivity contribution in [2.45, 2.75) is 25.8 Å². The molecule has 0 radical (unpaired) electrons. The van der Waals surface area contributed by atoms with Crippen LogP contribution in [0.5, 0.6) is 5.75 Å². The highest BCUT2D eigenvalue weighted by atomic mass is 16.5. The molecule has 106 valence electrons. The normalized spacial score (nSPS) is 12.1. The molecule has 2 heteroatoms. The Bertz CT molecular complexity index is 493. The van der Waals surface area contributed by atoms with Crippen molar-refractivity contribution in [3.63, 3.8) is 0 Å². The Kier molecular flexibility index (Phi) is 5.63. The molecule has 0 aliphatic carbocycles. The van der Waals surface area contributed by atoms with Crippen molar-refractivity contribution in [3.8, 4) is 5.75 Å². The van der Waals surface area contributed by atoms with E-state index in [-0.39, 0.29) is 0 Å². The van der Waals surface area contributed by atoms with E-state index in [0.29, 0.717) is 6.04 Å². The van der Waals surface area contributed by atoms with Crippen molar-refractivity contribution in [3.05, 3.63) is 65.7 Å². The molecule has 0 aliphatic heterocycles. The van der Waals surface area contributed by atoms with Gasteiger partial charge in [-0.15, -0.1) is 0 Å². The number of hydrogen-bond acceptors (Lipinski definition) is 2. The van der Waals surface area contributed by atoms with Gasteiger partial charge < -0.3 is 10.1 Å². The van der Waals surface area contributed by atoms with Crippen LogP contribution in [0, 0.1) is 0 Å². The molecule has 0 amide bonds. The number of aryl methyl sites for hydroxylation is 1. The average Bonchev–Trinajstić information content (AvgIpc) is 2.52. The van der Waals surface area contributed by atoms with Gasteiger partial charge >= 0.3 is 0 Å². The summed E-state index contributed by atoms with van der Waals surface area (Å²) in [6.07, 6.45) is 2.29. The van der Waals surface area contributed by atoms with Crippen LogP contribution in [0.25, 0.3) is 0 Å². The van der Waals surface area contributed by atoms with Crippen molar-refractivity contribution in [1.29, 1.82) is 0 Å². The van der Waals surface area contributed by atoms with Gasteiger partial charge in [-0.3, -0.25) is 0 Å². The molecule has 0 fully saturated rings. The quantitative estimate of drug-likeness (QED) is 0.768. The van der Waals surface area contributed by atoms with Gasteiger partial charge in [0.2, 0.25) is 0 Å². The summed E-state index contributed by atoms with van der Waals surface area (Å²) in [5.74, 6) is 0.907. The topological polar surface area (TPSA) is 21.3 Å². The standard InChI is InChI=1S/C18H23NO/c1-15(17-10-12-18(20-2)13-11-17)19-14-6-9-16-7-4-3-5-8-16/h3-5,7-8,10-13,15,19H,6,9,14H2,1-2H3/t15-/m1/s1. The van der Waals surface area contributed by atoms with Gasteiger partial charge in [0.15, 0.2) is 0 Å². The minimum absolute atomic E-state index is 0.372. The zero-order valence-electron chi connectivity index (χ0n) is 12.3. The van der Waals surface area contributed by atoms with E-state index in [1.807, 2.05) is 12.1 Å². The summed E-state index contributed by atoms with van der Waals surface area (Å²) in [5, 5.41) is 3.57. The molecule has 0 spiro atoms. The molecule has 0 aromatic heterocycles.